The molecule has 0 aliphatic carbocycles. The van der Waals surface area contributed by atoms with Crippen LogP contribution in [0, 0.1) is 0 Å². The van der Waals surface area contributed by atoms with Crippen LogP contribution in [0.3, 0.4) is 0 Å². The largest absolute Gasteiger partial charge is 0.465 e. The molecule has 0 aromatic heterocycles. The highest BCUT2D eigenvalue weighted by atomic mass is 35.5. The number of methoxy groups -OCH3 is 1. The van der Waals surface area contributed by atoms with Crippen LogP contribution in [0.1, 0.15) is 38.7 Å². The smallest absolute Gasteiger partial charge is 0.340 e. The molecule has 1 amide bonds. The standard InChI is InChI=1S/C19H21Cl2NO3/c1-4-5-6-9-22-12(2)17(19(24)25-3)14(18(22)23)10-13-7-8-15(20)16(21)11-13/h7-8,10-11H,4-6,9H2,1-3H3. The highest BCUT2D eigenvalue weighted by molar-refractivity contribution is 6.42. The second-order valence-corrected chi connectivity index (χ2v) is 6.66. The maximum absolute atomic E-state index is 12.8. The monoisotopic (exact) mass is 381 g/mol. The Hall–Kier alpha value is -1.78. The first kappa shape index (κ1) is 19.5. The van der Waals surface area contributed by atoms with E-state index in [9.17, 15) is 9.59 Å². The topological polar surface area (TPSA) is 46.6 Å². The molecule has 1 aliphatic rings. The summed E-state index contributed by atoms with van der Waals surface area (Å²) in [6.07, 6.45) is 4.62. The van der Waals surface area contributed by atoms with Crippen LogP contribution < -0.4 is 0 Å². The second kappa shape index (κ2) is 8.54. The number of rotatable bonds is 6. The summed E-state index contributed by atoms with van der Waals surface area (Å²) in [5.41, 5.74) is 1.94. The number of nitrogens with zero attached hydrogens (tertiary/aromatic N) is 1. The van der Waals surface area contributed by atoms with E-state index in [0.717, 1.165) is 19.3 Å². The van der Waals surface area contributed by atoms with Gasteiger partial charge in [0.2, 0.25) is 0 Å². The van der Waals surface area contributed by atoms with E-state index in [1.54, 1.807) is 36.1 Å². The Morgan fingerprint density at radius 1 is 1.24 bits per heavy atom. The molecule has 1 heterocycles. The molecule has 2 rings (SSSR count). The molecule has 6 heteroatoms. The molecule has 0 fully saturated rings. The minimum absolute atomic E-state index is 0.194. The van der Waals surface area contributed by atoms with Crippen molar-refractivity contribution < 1.29 is 14.3 Å². The molecule has 0 bridgehead atoms. The van der Waals surface area contributed by atoms with E-state index in [4.69, 9.17) is 27.9 Å². The first-order valence-electron chi connectivity index (χ1n) is 8.18. The van der Waals surface area contributed by atoms with Crippen molar-refractivity contribution >= 4 is 41.2 Å². The number of unbranched alkanes of at least 4 members (excludes halogenated alkanes) is 2. The summed E-state index contributed by atoms with van der Waals surface area (Å²) in [4.78, 5) is 26.7. The van der Waals surface area contributed by atoms with Crippen LogP contribution in [0.5, 0.6) is 0 Å². The van der Waals surface area contributed by atoms with Crippen molar-refractivity contribution in [3.8, 4) is 0 Å². The molecular weight excluding hydrogens is 361 g/mol. The average molecular weight is 382 g/mol. The lowest BCUT2D eigenvalue weighted by atomic mass is 10.0. The Morgan fingerprint density at radius 3 is 2.56 bits per heavy atom. The average Bonchev–Trinajstić information content (AvgIpc) is 2.82. The summed E-state index contributed by atoms with van der Waals surface area (Å²) in [5, 5.41) is 0.823. The molecule has 1 aromatic carbocycles. The molecule has 0 saturated carbocycles. The lowest BCUT2D eigenvalue weighted by Gasteiger charge is -2.17. The number of carbonyl (C=O) groups excluding carboxylic acids is 2. The number of halogens is 2. The van der Waals surface area contributed by atoms with Gasteiger partial charge in [0.05, 0.1) is 28.3 Å². The van der Waals surface area contributed by atoms with Crippen molar-refractivity contribution in [2.75, 3.05) is 13.7 Å². The first-order chi connectivity index (χ1) is 11.9. The third-order valence-corrected chi connectivity index (χ3v) is 4.88. The van der Waals surface area contributed by atoms with Gasteiger partial charge in [0.15, 0.2) is 0 Å². The number of esters is 1. The van der Waals surface area contributed by atoms with Gasteiger partial charge in [-0.05, 0) is 37.1 Å². The highest BCUT2D eigenvalue weighted by Crippen LogP contribution is 2.33. The summed E-state index contributed by atoms with van der Waals surface area (Å²) in [5.74, 6) is -0.713. The Bertz CT molecular complexity index is 753. The Balaban J connectivity index is 2.43. The molecule has 0 spiro atoms. The fraction of sp³-hybridized carbons (Fsp3) is 0.368. The lowest BCUT2D eigenvalue weighted by molar-refractivity contribution is -0.136. The van der Waals surface area contributed by atoms with E-state index in [1.165, 1.54) is 7.11 Å². The van der Waals surface area contributed by atoms with Gasteiger partial charge in [-0.1, -0.05) is 49.0 Å². The van der Waals surface area contributed by atoms with Crippen molar-refractivity contribution in [3.63, 3.8) is 0 Å². The van der Waals surface area contributed by atoms with Crippen LogP contribution in [-0.2, 0) is 14.3 Å². The molecule has 0 unspecified atom stereocenters. The van der Waals surface area contributed by atoms with Crippen LogP contribution in [0.2, 0.25) is 10.0 Å². The van der Waals surface area contributed by atoms with Crippen LogP contribution in [-0.4, -0.2) is 30.4 Å². The third kappa shape index (κ3) is 4.25. The van der Waals surface area contributed by atoms with E-state index in [2.05, 4.69) is 6.92 Å². The van der Waals surface area contributed by atoms with Crippen LogP contribution in [0.25, 0.3) is 6.08 Å². The molecule has 1 aromatic rings. The molecule has 134 valence electrons. The summed E-state index contributed by atoms with van der Waals surface area (Å²) >= 11 is 12.0. The van der Waals surface area contributed by atoms with E-state index < -0.39 is 5.97 Å². The van der Waals surface area contributed by atoms with Gasteiger partial charge in [0.1, 0.15) is 0 Å². The van der Waals surface area contributed by atoms with Crippen LogP contribution >= 0.6 is 23.2 Å². The number of hydrogen-bond acceptors (Lipinski definition) is 3. The van der Waals surface area contributed by atoms with E-state index in [0.29, 0.717) is 39.0 Å². The fourth-order valence-electron chi connectivity index (χ4n) is 2.79. The third-order valence-electron chi connectivity index (χ3n) is 4.14. The van der Waals surface area contributed by atoms with Gasteiger partial charge in [-0.3, -0.25) is 4.79 Å². The molecule has 0 N–H and O–H groups in total. The van der Waals surface area contributed by atoms with E-state index in [1.807, 2.05) is 0 Å². The van der Waals surface area contributed by atoms with Gasteiger partial charge in [0.25, 0.3) is 5.91 Å². The summed E-state index contributed by atoms with van der Waals surface area (Å²) in [7, 11) is 1.31. The number of carbonyl (C=O) groups is 2. The van der Waals surface area contributed by atoms with Crippen LogP contribution in [0.15, 0.2) is 35.0 Å². The van der Waals surface area contributed by atoms with E-state index >= 15 is 0 Å². The highest BCUT2D eigenvalue weighted by Gasteiger charge is 2.36. The number of ether oxygens (including phenoxy) is 1. The summed E-state index contributed by atoms with van der Waals surface area (Å²) in [6, 6.07) is 5.07. The first-order valence-corrected chi connectivity index (χ1v) is 8.94. The van der Waals surface area contributed by atoms with Crippen molar-refractivity contribution in [1.82, 2.24) is 4.90 Å². The lowest BCUT2D eigenvalue weighted by Crippen LogP contribution is -2.26. The number of allylic oxidation sites excluding steroid dienone is 1. The zero-order valence-electron chi connectivity index (χ0n) is 14.6. The predicted molar refractivity (Wildman–Crippen MR) is 100 cm³/mol. The Labute approximate surface area is 158 Å². The molecule has 0 radical (unpaired) electrons. The Kier molecular flexibility index (Phi) is 6.68. The summed E-state index contributed by atoms with van der Waals surface area (Å²) < 4.78 is 4.87. The molecule has 4 nitrogen and oxygen atoms in total. The van der Waals surface area contributed by atoms with Crippen LogP contribution in [0.4, 0.5) is 0 Å². The minimum Gasteiger partial charge on any atom is -0.465 e. The molecule has 0 saturated heterocycles. The number of benzene rings is 1. The predicted octanol–water partition coefficient (Wildman–Crippen LogP) is 4.86. The van der Waals surface area contributed by atoms with Crippen molar-refractivity contribution in [3.05, 3.63) is 50.7 Å². The zero-order chi connectivity index (χ0) is 18.6. The normalized spacial score (nSPS) is 16.1. The Morgan fingerprint density at radius 2 is 1.96 bits per heavy atom. The minimum atomic E-state index is -0.518. The molecule has 0 atom stereocenters. The molecular formula is C19H21Cl2NO3. The maximum Gasteiger partial charge on any atom is 0.340 e. The number of hydrogen-bond donors (Lipinski definition) is 0. The SMILES string of the molecule is CCCCCN1C(=O)C(=Cc2ccc(Cl)c(Cl)c2)C(C(=O)OC)=C1C. The van der Waals surface area contributed by atoms with Gasteiger partial charge in [0, 0.05) is 12.2 Å². The molecule has 1 aliphatic heterocycles. The van der Waals surface area contributed by atoms with Crippen molar-refractivity contribution in [2.45, 2.75) is 33.1 Å². The molecule has 25 heavy (non-hydrogen) atoms. The summed E-state index contributed by atoms with van der Waals surface area (Å²) in [6.45, 7) is 4.45. The number of amides is 1. The van der Waals surface area contributed by atoms with Gasteiger partial charge < -0.3 is 9.64 Å². The van der Waals surface area contributed by atoms with Gasteiger partial charge in [-0.2, -0.15) is 0 Å². The van der Waals surface area contributed by atoms with Gasteiger partial charge in [-0.25, -0.2) is 4.79 Å². The fourth-order valence-corrected chi connectivity index (χ4v) is 3.09. The van der Waals surface area contributed by atoms with Gasteiger partial charge >= 0.3 is 5.97 Å². The van der Waals surface area contributed by atoms with Gasteiger partial charge in [-0.15, -0.1) is 0 Å². The maximum atomic E-state index is 12.8. The van der Waals surface area contributed by atoms with Crippen molar-refractivity contribution in [2.24, 2.45) is 0 Å². The zero-order valence-corrected chi connectivity index (χ0v) is 16.1. The quantitative estimate of drug-likeness (QED) is 0.401. The van der Waals surface area contributed by atoms with Crippen molar-refractivity contribution in [1.29, 1.82) is 0 Å². The van der Waals surface area contributed by atoms with E-state index in [-0.39, 0.29) is 5.91 Å². The second-order valence-electron chi connectivity index (χ2n) is 5.85.